The number of nitrogens with zero attached hydrogens (tertiary/aromatic N) is 2. The van der Waals surface area contributed by atoms with Gasteiger partial charge in [-0.1, -0.05) is 23.7 Å². The molecule has 1 amide bonds. The Kier molecular flexibility index (Phi) is 4.20. The number of hydrogen-bond acceptors (Lipinski definition) is 4. The van der Waals surface area contributed by atoms with E-state index in [9.17, 15) is 4.79 Å². The third-order valence-electron chi connectivity index (χ3n) is 2.56. The number of nitrogens with one attached hydrogen (secondary N) is 1. The molecule has 0 bridgehead atoms. The van der Waals surface area contributed by atoms with Crippen LogP contribution >= 0.6 is 11.6 Å². The quantitative estimate of drug-likeness (QED) is 0.879. The summed E-state index contributed by atoms with van der Waals surface area (Å²) in [6.07, 6.45) is 0. The number of anilines is 1. The van der Waals surface area contributed by atoms with E-state index in [1.807, 2.05) is 12.1 Å². The molecule has 0 aliphatic rings. The Morgan fingerprint density at radius 3 is 2.65 bits per heavy atom. The molecule has 0 unspecified atom stereocenters. The molecule has 20 heavy (non-hydrogen) atoms. The van der Waals surface area contributed by atoms with Crippen LogP contribution in [0.1, 0.15) is 18.3 Å². The van der Waals surface area contributed by atoms with E-state index >= 15 is 0 Å². The Morgan fingerprint density at radius 1 is 1.25 bits per heavy atom. The molecular formula is C14H14ClN3O2. The van der Waals surface area contributed by atoms with Crippen molar-refractivity contribution in [2.24, 2.45) is 0 Å². The van der Waals surface area contributed by atoms with Crippen LogP contribution in [0.2, 0.25) is 5.15 Å². The van der Waals surface area contributed by atoms with Gasteiger partial charge in [0.1, 0.15) is 11.0 Å². The van der Waals surface area contributed by atoms with Crippen molar-refractivity contribution in [3.05, 3.63) is 40.8 Å². The molecule has 1 N–H and O–H groups in total. The highest BCUT2D eigenvalue weighted by atomic mass is 35.5. The molecule has 104 valence electrons. The summed E-state index contributed by atoms with van der Waals surface area (Å²) >= 11 is 6.01. The summed E-state index contributed by atoms with van der Waals surface area (Å²) in [6, 6.07) is 7.12. The van der Waals surface area contributed by atoms with Crippen LogP contribution in [0, 0.1) is 13.8 Å². The zero-order valence-electron chi connectivity index (χ0n) is 11.4. The summed E-state index contributed by atoms with van der Waals surface area (Å²) in [5, 5.41) is 3.05. The summed E-state index contributed by atoms with van der Waals surface area (Å²) in [7, 11) is 0. The zero-order valence-corrected chi connectivity index (χ0v) is 12.2. The topological polar surface area (TPSA) is 64.1 Å². The van der Waals surface area contributed by atoms with Crippen LogP contribution in [0.15, 0.2) is 24.3 Å². The molecular weight excluding hydrogens is 278 g/mol. The van der Waals surface area contributed by atoms with Crippen LogP contribution in [-0.4, -0.2) is 15.9 Å². The van der Waals surface area contributed by atoms with Gasteiger partial charge in [-0.15, -0.1) is 0 Å². The SMILES string of the molecule is CC(=O)Nc1ccccc1Oc1nc(C)nc(Cl)c1C. The van der Waals surface area contributed by atoms with E-state index in [0.29, 0.717) is 33.9 Å². The van der Waals surface area contributed by atoms with E-state index in [2.05, 4.69) is 15.3 Å². The molecule has 0 spiro atoms. The molecule has 0 aliphatic carbocycles. The van der Waals surface area contributed by atoms with Crippen LogP contribution in [0.5, 0.6) is 11.6 Å². The fourth-order valence-electron chi connectivity index (χ4n) is 1.62. The summed E-state index contributed by atoms with van der Waals surface area (Å²) in [6.45, 7) is 4.95. The van der Waals surface area contributed by atoms with Gasteiger partial charge in [0.25, 0.3) is 0 Å². The number of rotatable bonds is 3. The number of ether oxygens (including phenoxy) is 1. The van der Waals surface area contributed by atoms with Gasteiger partial charge >= 0.3 is 0 Å². The van der Waals surface area contributed by atoms with Crippen molar-refractivity contribution in [3.63, 3.8) is 0 Å². The lowest BCUT2D eigenvalue weighted by Gasteiger charge is -2.12. The number of amides is 1. The van der Waals surface area contributed by atoms with E-state index in [4.69, 9.17) is 16.3 Å². The predicted octanol–water partition coefficient (Wildman–Crippen LogP) is 3.50. The first-order chi connectivity index (χ1) is 9.47. The lowest BCUT2D eigenvalue weighted by molar-refractivity contribution is -0.114. The van der Waals surface area contributed by atoms with Gasteiger partial charge in [-0.05, 0) is 26.0 Å². The fourth-order valence-corrected chi connectivity index (χ4v) is 1.83. The molecule has 0 atom stereocenters. The highest BCUT2D eigenvalue weighted by Gasteiger charge is 2.12. The number of aryl methyl sites for hydroxylation is 1. The van der Waals surface area contributed by atoms with Crippen molar-refractivity contribution >= 4 is 23.2 Å². The van der Waals surface area contributed by atoms with Crippen molar-refractivity contribution in [1.82, 2.24) is 9.97 Å². The number of carbonyl (C=O) groups is 1. The van der Waals surface area contributed by atoms with Gasteiger partial charge in [0.2, 0.25) is 11.8 Å². The molecule has 5 nitrogen and oxygen atoms in total. The van der Waals surface area contributed by atoms with Gasteiger partial charge in [-0.25, -0.2) is 4.98 Å². The Morgan fingerprint density at radius 2 is 1.95 bits per heavy atom. The maximum absolute atomic E-state index is 11.2. The van der Waals surface area contributed by atoms with Gasteiger partial charge in [0.05, 0.1) is 5.69 Å². The van der Waals surface area contributed by atoms with E-state index in [1.165, 1.54) is 6.92 Å². The van der Waals surface area contributed by atoms with Crippen LogP contribution in [0.3, 0.4) is 0 Å². The van der Waals surface area contributed by atoms with Crippen molar-refractivity contribution in [2.75, 3.05) is 5.32 Å². The highest BCUT2D eigenvalue weighted by Crippen LogP contribution is 2.31. The first kappa shape index (κ1) is 14.3. The molecule has 2 aromatic rings. The number of aromatic nitrogens is 2. The Bertz CT molecular complexity index is 659. The molecule has 0 aliphatic heterocycles. The summed E-state index contributed by atoms with van der Waals surface area (Å²) < 4.78 is 5.75. The number of hydrogen-bond donors (Lipinski definition) is 1. The molecule has 1 aromatic heterocycles. The average molecular weight is 292 g/mol. The predicted molar refractivity (Wildman–Crippen MR) is 77.3 cm³/mol. The van der Waals surface area contributed by atoms with Gasteiger partial charge in [-0.2, -0.15) is 4.98 Å². The van der Waals surface area contributed by atoms with Gasteiger partial charge < -0.3 is 10.1 Å². The number of para-hydroxylation sites is 2. The fraction of sp³-hybridized carbons (Fsp3) is 0.214. The largest absolute Gasteiger partial charge is 0.436 e. The Balaban J connectivity index is 2.37. The third kappa shape index (κ3) is 3.24. The van der Waals surface area contributed by atoms with Gasteiger partial charge in [0.15, 0.2) is 5.75 Å². The van der Waals surface area contributed by atoms with E-state index in [0.717, 1.165) is 0 Å². The highest BCUT2D eigenvalue weighted by molar-refractivity contribution is 6.30. The molecule has 1 aromatic carbocycles. The van der Waals surface area contributed by atoms with Gasteiger partial charge in [0, 0.05) is 12.5 Å². The monoisotopic (exact) mass is 291 g/mol. The first-order valence-corrected chi connectivity index (χ1v) is 6.40. The second-order valence-electron chi connectivity index (χ2n) is 4.27. The number of carbonyl (C=O) groups excluding carboxylic acids is 1. The first-order valence-electron chi connectivity index (χ1n) is 6.02. The average Bonchev–Trinajstić information content (AvgIpc) is 2.37. The molecule has 2 rings (SSSR count). The molecule has 6 heteroatoms. The van der Waals surface area contributed by atoms with E-state index in [1.54, 1.807) is 26.0 Å². The molecule has 0 saturated carbocycles. The van der Waals surface area contributed by atoms with E-state index in [-0.39, 0.29) is 5.91 Å². The second kappa shape index (κ2) is 5.88. The molecule has 0 radical (unpaired) electrons. The Hall–Kier alpha value is -2.14. The molecule has 0 saturated heterocycles. The van der Waals surface area contributed by atoms with Crippen molar-refractivity contribution in [2.45, 2.75) is 20.8 Å². The maximum Gasteiger partial charge on any atom is 0.227 e. The zero-order chi connectivity index (χ0) is 14.7. The second-order valence-corrected chi connectivity index (χ2v) is 4.63. The van der Waals surface area contributed by atoms with Crippen molar-refractivity contribution in [1.29, 1.82) is 0 Å². The molecule has 0 fully saturated rings. The van der Waals surface area contributed by atoms with Crippen LogP contribution in [0.25, 0.3) is 0 Å². The minimum absolute atomic E-state index is 0.172. The van der Waals surface area contributed by atoms with Gasteiger partial charge in [-0.3, -0.25) is 4.79 Å². The molecule has 1 heterocycles. The lowest BCUT2D eigenvalue weighted by Crippen LogP contribution is -2.07. The summed E-state index contributed by atoms with van der Waals surface area (Å²) in [5.41, 5.74) is 1.22. The number of benzene rings is 1. The van der Waals surface area contributed by atoms with E-state index < -0.39 is 0 Å². The summed E-state index contributed by atoms with van der Waals surface area (Å²) in [4.78, 5) is 19.4. The normalized spacial score (nSPS) is 10.2. The lowest BCUT2D eigenvalue weighted by atomic mass is 10.3. The smallest absolute Gasteiger partial charge is 0.227 e. The van der Waals surface area contributed by atoms with Crippen molar-refractivity contribution in [3.8, 4) is 11.6 Å². The third-order valence-corrected chi connectivity index (χ3v) is 2.93. The maximum atomic E-state index is 11.2. The van der Waals surface area contributed by atoms with Crippen LogP contribution < -0.4 is 10.1 Å². The number of halogens is 1. The minimum atomic E-state index is -0.172. The summed E-state index contributed by atoms with van der Waals surface area (Å²) in [5.74, 6) is 1.22. The Labute approximate surface area is 122 Å². The van der Waals surface area contributed by atoms with Crippen molar-refractivity contribution < 1.29 is 9.53 Å². The van der Waals surface area contributed by atoms with Crippen LogP contribution in [0.4, 0.5) is 5.69 Å². The van der Waals surface area contributed by atoms with Crippen LogP contribution in [-0.2, 0) is 4.79 Å². The minimum Gasteiger partial charge on any atom is -0.436 e. The standard InChI is InChI=1S/C14H14ClN3O2/c1-8-13(15)16-9(2)17-14(8)20-12-7-5-4-6-11(12)18-10(3)19/h4-7H,1-3H3,(H,18,19).